The third kappa shape index (κ3) is 3.80. The molecule has 0 aromatic heterocycles. The summed E-state index contributed by atoms with van der Waals surface area (Å²) in [7, 11) is 0. The van der Waals surface area contributed by atoms with Crippen LogP contribution in [0, 0.1) is 0 Å². The second-order valence-electron chi connectivity index (χ2n) is 8.56. The number of hydrogen-bond donors (Lipinski definition) is 0. The van der Waals surface area contributed by atoms with Gasteiger partial charge >= 0.3 is 17.8 Å². The van der Waals surface area contributed by atoms with Crippen molar-refractivity contribution in [3.05, 3.63) is 35.4 Å². The van der Waals surface area contributed by atoms with Crippen LogP contribution in [0.15, 0.2) is 29.8 Å². The number of carbonyl (C=O) groups excluding carboxylic acids is 3. The van der Waals surface area contributed by atoms with Gasteiger partial charge in [-0.1, -0.05) is 17.7 Å². The Labute approximate surface area is 181 Å². The summed E-state index contributed by atoms with van der Waals surface area (Å²) in [5.41, 5.74) is 2.34. The van der Waals surface area contributed by atoms with Gasteiger partial charge in [-0.05, 0) is 62.6 Å². The quantitative estimate of drug-likeness (QED) is 0.396. The molecule has 3 heterocycles. The summed E-state index contributed by atoms with van der Waals surface area (Å²) in [5.74, 6) is 0.0164. The lowest BCUT2D eigenvalue weighted by molar-refractivity contribution is -0.144. The van der Waals surface area contributed by atoms with Gasteiger partial charge in [-0.2, -0.15) is 0 Å². The van der Waals surface area contributed by atoms with Crippen LogP contribution < -0.4 is 9.47 Å². The first kappa shape index (κ1) is 20.1. The molecule has 31 heavy (non-hydrogen) atoms. The highest BCUT2D eigenvalue weighted by Crippen LogP contribution is 2.39. The summed E-state index contributed by atoms with van der Waals surface area (Å²) >= 11 is 0. The van der Waals surface area contributed by atoms with Crippen molar-refractivity contribution >= 4 is 17.8 Å². The van der Waals surface area contributed by atoms with E-state index in [9.17, 15) is 14.4 Å². The third-order valence-electron chi connectivity index (χ3n) is 6.64. The second kappa shape index (κ2) is 8.34. The van der Waals surface area contributed by atoms with Crippen molar-refractivity contribution in [3.8, 4) is 11.5 Å². The fraction of sp³-hybridized carbons (Fsp3) is 0.522. The zero-order valence-corrected chi connectivity index (χ0v) is 17.5. The number of urea groups is 1. The van der Waals surface area contributed by atoms with E-state index in [0.29, 0.717) is 6.42 Å². The molecule has 5 rings (SSSR count). The number of likely N-dealkylation sites (tertiary alicyclic amines) is 1. The predicted octanol–water partition coefficient (Wildman–Crippen LogP) is 3.19. The van der Waals surface area contributed by atoms with E-state index >= 15 is 0 Å². The minimum absolute atomic E-state index is 0.0617. The van der Waals surface area contributed by atoms with E-state index in [4.69, 9.17) is 9.47 Å². The number of rotatable bonds is 6. The van der Waals surface area contributed by atoms with Crippen LogP contribution in [0.2, 0.25) is 0 Å². The average Bonchev–Trinajstić information content (AvgIpc) is 3.49. The van der Waals surface area contributed by atoms with E-state index < -0.39 is 17.8 Å². The number of carbonyl (C=O) groups is 3. The molecule has 3 aliphatic heterocycles. The van der Waals surface area contributed by atoms with E-state index in [1.54, 1.807) is 0 Å². The van der Waals surface area contributed by atoms with Gasteiger partial charge in [-0.25, -0.2) is 9.69 Å². The van der Waals surface area contributed by atoms with Crippen LogP contribution in [0.25, 0.3) is 0 Å². The molecule has 0 saturated carbocycles. The smallest absolute Gasteiger partial charge is 0.335 e. The first-order valence-corrected chi connectivity index (χ1v) is 11.1. The van der Waals surface area contributed by atoms with Gasteiger partial charge in [-0.3, -0.25) is 19.4 Å². The van der Waals surface area contributed by atoms with E-state index in [0.717, 1.165) is 65.5 Å². The second-order valence-corrected chi connectivity index (χ2v) is 8.56. The third-order valence-corrected chi connectivity index (χ3v) is 6.64. The lowest BCUT2D eigenvalue weighted by atomic mass is 9.97. The Kier molecular flexibility index (Phi) is 5.40. The van der Waals surface area contributed by atoms with Crippen molar-refractivity contribution in [1.29, 1.82) is 0 Å². The van der Waals surface area contributed by atoms with Gasteiger partial charge in [0.05, 0.1) is 6.67 Å². The van der Waals surface area contributed by atoms with Crippen molar-refractivity contribution in [2.75, 3.05) is 26.6 Å². The topological polar surface area (TPSA) is 79.4 Å². The van der Waals surface area contributed by atoms with Crippen LogP contribution >= 0.6 is 0 Å². The SMILES string of the molecule is O=C1C(=O)N(CN2CCCC2c2ccc3c(c2)OCO3)C(=O)N1CCC1=CCCCC1. The zero-order chi connectivity index (χ0) is 21.4. The zero-order valence-electron chi connectivity index (χ0n) is 17.5. The number of allylic oxidation sites excluding steroid dienone is 1. The number of hydrogen-bond acceptors (Lipinski definition) is 6. The van der Waals surface area contributed by atoms with Crippen molar-refractivity contribution in [1.82, 2.24) is 14.7 Å². The van der Waals surface area contributed by atoms with E-state index in [1.165, 1.54) is 12.0 Å². The number of amides is 4. The normalized spacial score (nSPS) is 23.8. The predicted molar refractivity (Wildman–Crippen MR) is 111 cm³/mol. The van der Waals surface area contributed by atoms with Gasteiger partial charge < -0.3 is 9.47 Å². The summed E-state index contributed by atoms with van der Waals surface area (Å²) in [6, 6.07) is 5.42. The molecule has 1 unspecified atom stereocenters. The minimum atomic E-state index is -0.723. The maximum Gasteiger partial charge on any atom is 0.335 e. The molecule has 1 atom stereocenters. The van der Waals surface area contributed by atoms with Crippen LogP contribution in [-0.4, -0.2) is 59.1 Å². The van der Waals surface area contributed by atoms with Gasteiger partial charge in [0, 0.05) is 19.1 Å². The molecule has 2 fully saturated rings. The molecule has 8 heteroatoms. The van der Waals surface area contributed by atoms with Crippen LogP contribution in [0.5, 0.6) is 11.5 Å². The Morgan fingerprint density at radius 1 is 0.968 bits per heavy atom. The number of nitrogens with zero attached hydrogens (tertiary/aromatic N) is 3. The Morgan fingerprint density at radius 3 is 2.65 bits per heavy atom. The van der Waals surface area contributed by atoms with E-state index in [-0.39, 0.29) is 26.0 Å². The molecule has 0 spiro atoms. The average molecular weight is 425 g/mol. The number of ether oxygens (including phenoxy) is 2. The molecule has 4 amide bonds. The van der Waals surface area contributed by atoms with Gasteiger partial charge in [0.1, 0.15) is 0 Å². The van der Waals surface area contributed by atoms with Crippen LogP contribution in [0.4, 0.5) is 4.79 Å². The van der Waals surface area contributed by atoms with E-state index in [2.05, 4.69) is 11.0 Å². The van der Waals surface area contributed by atoms with Crippen molar-refractivity contribution in [2.45, 2.75) is 51.0 Å². The monoisotopic (exact) mass is 425 g/mol. The van der Waals surface area contributed by atoms with Crippen LogP contribution in [0.3, 0.4) is 0 Å². The largest absolute Gasteiger partial charge is 0.454 e. The van der Waals surface area contributed by atoms with Gasteiger partial charge in [-0.15, -0.1) is 0 Å². The molecule has 1 aliphatic carbocycles. The summed E-state index contributed by atoms with van der Waals surface area (Å²) in [6.07, 6.45) is 9.14. The number of imide groups is 2. The molecule has 4 aliphatic rings. The highest BCUT2D eigenvalue weighted by Gasteiger charge is 2.45. The molecule has 0 N–H and O–H groups in total. The summed E-state index contributed by atoms with van der Waals surface area (Å²) in [4.78, 5) is 42.3. The molecule has 164 valence electrons. The van der Waals surface area contributed by atoms with Gasteiger partial charge in [0.25, 0.3) is 0 Å². The molecular formula is C23H27N3O5. The first-order chi connectivity index (χ1) is 15.1. The summed E-state index contributed by atoms with van der Waals surface area (Å²) < 4.78 is 10.9. The lowest BCUT2D eigenvalue weighted by Crippen LogP contribution is -2.42. The highest BCUT2D eigenvalue weighted by molar-refractivity contribution is 6.44. The van der Waals surface area contributed by atoms with Gasteiger partial charge in [0.15, 0.2) is 11.5 Å². The number of benzene rings is 1. The van der Waals surface area contributed by atoms with Crippen molar-refractivity contribution in [2.24, 2.45) is 0 Å². The Bertz CT molecular complexity index is 943. The molecule has 1 aromatic carbocycles. The molecule has 2 saturated heterocycles. The van der Waals surface area contributed by atoms with Crippen molar-refractivity contribution < 1.29 is 23.9 Å². The number of fused-ring (bicyclic) bond motifs is 1. The molecule has 1 aromatic rings. The Morgan fingerprint density at radius 2 is 1.81 bits per heavy atom. The molecule has 0 bridgehead atoms. The molecule has 8 nitrogen and oxygen atoms in total. The standard InChI is InChI=1S/C23H27N3O5/c27-21-22(28)26(23(29)25(21)12-10-16-5-2-1-3-6-16)14-24-11-4-7-18(24)17-8-9-19-20(13-17)31-15-30-19/h5,8-9,13,18H,1-4,6-7,10-12,14-15H2. The maximum absolute atomic E-state index is 12.9. The van der Waals surface area contributed by atoms with Gasteiger partial charge in [0.2, 0.25) is 6.79 Å². The fourth-order valence-electron chi connectivity index (χ4n) is 4.93. The van der Waals surface area contributed by atoms with E-state index in [1.807, 2.05) is 18.2 Å². The lowest BCUT2D eigenvalue weighted by Gasteiger charge is -2.28. The van der Waals surface area contributed by atoms with Crippen molar-refractivity contribution in [3.63, 3.8) is 0 Å². The highest BCUT2D eigenvalue weighted by atomic mass is 16.7. The Hall–Kier alpha value is -2.87. The minimum Gasteiger partial charge on any atom is -0.454 e. The summed E-state index contributed by atoms with van der Waals surface area (Å²) in [6.45, 7) is 1.38. The molecular weight excluding hydrogens is 398 g/mol. The van der Waals surface area contributed by atoms with Crippen LogP contribution in [-0.2, 0) is 9.59 Å². The first-order valence-electron chi connectivity index (χ1n) is 11.1. The fourth-order valence-corrected chi connectivity index (χ4v) is 4.93. The maximum atomic E-state index is 12.9. The Balaban J connectivity index is 1.26. The van der Waals surface area contributed by atoms with Crippen LogP contribution in [0.1, 0.15) is 56.6 Å². The molecule has 0 radical (unpaired) electrons. The summed E-state index contributed by atoms with van der Waals surface area (Å²) in [5, 5.41) is 0.